The van der Waals surface area contributed by atoms with Crippen molar-refractivity contribution in [1.29, 1.82) is 0 Å². The number of pyridine rings is 1. The van der Waals surface area contributed by atoms with E-state index in [1.807, 2.05) is 0 Å². The number of hydrogen-bond donors (Lipinski definition) is 0. The maximum atomic E-state index is 15.1. The van der Waals surface area contributed by atoms with Gasteiger partial charge in [-0.15, -0.1) is 0 Å². The molecule has 33 heavy (non-hydrogen) atoms. The van der Waals surface area contributed by atoms with Crippen molar-refractivity contribution in [2.24, 2.45) is 0 Å². The molecule has 0 N–H and O–H groups in total. The van der Waals surface area contributed by atoms with Crippen molar-refractivity contribution < 1.29 is 18.3 Å². The van der Waals surface area contributed by atoms with Crippen LogP contribution in [0.5, 0.6) is 6.01 Å². The third-order valence-electron chi connectivity index (χ3n) is 7.52. The maximum absolute atomic E-state index is 15.1. The summed E-state index contributed by atoms with van der Waals surface area (Å²) in [6.45, 7) is 3.89. The van der Waals surface area contributed by atoms with E-state index in [0.29, 0.717) is 62.4 Å². The molecule has 0 amide bonds. The van der Waals surface area contributed by atoms with Gasteiger partial charge in [-0.05, 0) is 50.6 Å². The summed E-state index contributed by atoms with van der Waals surface area (Å²) in [7, 11) is 0. The topological polar surface area (TPSA) is 63.6 Å². The highest BCUT2D eigenvalue weighted by atomic mass is 35.5. The zero-order valence-electron chi connectivity index (χ0n) is 18.3. The van der Waals surface area contributed by atoms with Gasteiger partial charge in [-0.2, -0.15) is 9.97 Å². The van der Waals surface area contributed by atoms with Crippen LogP contribution in [-0.2, 0) is 11.2 Å². The molecule has 176 valence electrons. The van der Waals surface area contributed by atoms with Gasteiger partial charge >= 0.3 is 6.01 Å². The van der Waals surface area contributed by atoms with E-state index in [0.717, 1.165) is 44.3 Å². The molecule has 0 radical (unpaired) electrons. The quantitative estimate of drug-likeness (QED) is 0.622. The molecule has 0 aromatic carbocycles. The Hall–Kier alpha value is -2.10. The minimum Gasteiger partial charge on any atom is -0.461 e. The number of fused-ring (bicyclic) bond motifs is 3. The van der Waals surface area contributed by atoms with Crippen molar-refractivity contribution in [3.05, 3.63) is 28.6 Å². The van der Waals surface area contributed by atoms with Gasteiger partial charge in [-0.1, -0.05) is 11.6 Å². The monoisotopic (exact) mass is 477 g/mol. The summed E-state index contributed by atoms with van der Waals surface area (Å²) in [5.74, 6) is -0.0183. The Morgan fingerprint density at radius 3 is 3.03 bits per heavy atom. The molecule has 0 saturated carbocycles. The number of aryl methyl sites for hydroxylation is 1. The van der Waals surface area contributed by atoms with Crippen molar-refractivity contribution in [1.82, 2.24) is 19.9 Å². The Morgan fingerprint density at radius 2 is 2.15 bits per heavy atom. The second-order valence-corrected chi connectivity index (χ2v) is 9.87. The summed E-state index contributed by atoms with van der Waals surface area (Å²) in [4.78, 5) is 18.0. The largest absolute Gasteiger partial charge is 0.461 e. The number of anilines is 1. The molecule has 4 aliphatic rings. The van der Waals surface area contributed by atoms with Crippen LogP contribution in [0.4, 0.5) is 14.6 Å². The first-order valence-electron chi connectivity index (χ1n) is 11.6. The van der Waals surface area contributed by atoms with Crippen molar-refractivity contribution in [3.63, 3.8) is 0 Å². The van der Waals surface area contributed by atoms with E-state index in [4.69, 9.17) is 26.1 Å². The van der Waals surface area contributed by atoms with Gasteiger partial charge in [-0.3, -0.25) is 4.90 Å². The Balaban J connectivity index is 1.41. The van der Waals surface area contributed by atoms with Gasteiger partial charge in [0.1, 0.15) is 17.9 Å². The third-order valence-corrected chi connectivity index (χ3v) is 7.77. The molecule has 3 saturated heterocycles. The first-order chi connectivity index (χ1) is 16.1. The molecule has 0 spiro atoms. The highest BCUT2D eigenvalue weighted by molar-refractivity contribution is 6.30. The number of ether oxygens (including phenoxy) is 2. The van der Waals surface area contributed by atoms with E-state index in [2.05, 4.69) is 19.8 Å². The maximum Gasteiger partial charge on any atom is 0.319 e. The van der Waals surface area contributed by atoms with Gasteiger partial charge in [0.25, 0.3) is 0 Å². The average molecular weight is 478 g/mol. The fourth-order valence-electron chi connectivity index (χ4n) is 5.93. The molecule has 2 aromatic rings. The normalized spacial score (nSPS) is 28.6. The molecule has 10 heteroatoms. The number of rotatable bonds is 3. The van der Waals surface area contributed by atoms with E-state index in [-0.39, 0.29) is 28.3 Å². The lowest BCUT2D eigenvalue weighted by Gasteiger charge is -2.31. The predicted molar refractivity (Wildman–Crippen MR) is 120 cm³/mol. The Labute approximate surface area is 195 Å². The molecular formula is C23H26ClF2N5O2. The lowest BCUT2D eigenvalue weighted by atomic mass is 9.94. The molecule has 6 heterocycles. The summed E-state index contributed by atoms with van der Waals surface area (Å²) >= 11 is 6.14. The predicted octanol–water partition coefficient (Wildman–Crippen LogP) is 3.83. The Bertz CT molecular complexity index is 1130. The van der Waals surface area contributed by atoms with E-state index >= 15 is 4.39 Å². The highest BCUT2D eigenvalue weighted by Gasteiger charge is 2.47. The second-order valence-electron chi connectivity index (χ2n) is 9.51. The van der Waals surface area contributed by atoms with Crippen molar-refractivity contribution in [2.75, 3.05) is 44.4 Å². The molecule has 2 aromatic heterocycles. The standard InChI is InChI=1S/C23H26ClF2N5O2/c24-20-18(26)19-17-16(27-20)4-3-15-12-32-8-2-7-31(15)21(17)29-22(28-19)33-13-23-5-1-6-30(23)11-14(9-23)10-25/h10,15H,1-9,11-13H2/b14-10-/t15-,23-/m0/s1. The van der Waals surface area contributed by atoms with Crippen LogP contribution in [0.1, 0.15) is 37.8 Å². The smallest absolute Gasteiger partial charge is 0.319 e. The molecule has 4 aliphatic heterocycles. The first-order valence-corrected chi connectivity index (χ1v) is 12.0. The van der Waals surface area contributed by atoms with E-state index in [1.54, 1.807) is 0 Å². The molecule has 2 atom stereocenters. The van der Waals surface area contributed by atoms with Crippen LogP contribution in [0.25, 0.3) is 10.9 Å². The van der Waals surface area contributed by atoms with Crippen LogP contribution in [0, 0.1) is 5.82 Å². The minimum atomic E-state index is -0.655. The van der Waals surface area contributed by atoms with Gasteiger partial charge < -0.3 is 14.4 Å². The fraction of sp³-hybridized carbons (Fsp3) is 0.609. The lowest BCUT2D eigenvalue weighted by molar-refractivity contribution is 0.108. The van der Waals surface area contributed by atoms with Gasteiger partial charge in [0.15, 0.2) is 11.0 Å². The summed E-state index contributed by atoms with van der Waals surface area (Å²) in [5.41, 5.74) is 1.38. The first kappa shape index (κ1) is 21.4. The van der Waals surface area contributed by atoms with Crippen LogP contribution in [0.2, 0.25) is 5.15 Å². The van der Waals surface area contributed by atoms with Crippen LogP contribution in [0.3, 0.4) is 0 Å². The molecule has 3 fully saturated rings. The van der Waals surface area contributed by atoms with Crippen molar-refractivity contribution in [2.45, 2.75) is 50.1 Å². The molecule has 7 nitrogen and oxygen atoms in total. The summed E-state index contributed by atoms with van der Waals surface area (Å²) in [6, 6.07) is 0.236. The van der Waals surface area contributed by atoms with Crippen molar-refractivity contribution in [3.8, 4) is 6.01 Å². The number of hydrogen-bond acceptors (Lipinski definition) is 7. The average Bonchev–Trinajstić information content (AvgIpc) is 3.21. The van der Waals surface area contributed by atoms with E-state index < -0.39 is 5.82 Å². The van der Waals surface area contributed by atoms with Crippen LogP contribution in [-0.4, -0.2) is 70.9 Å². The summed E-state index contributed by atoms with van der Waals surface area (Å²) < 4.78 is 40.3. The molecule has 0 bridgehead atoms. The van der Waals surface area contributed by atoms with Crippen LogP contribution >= 0.6 is 11.6 Å². The Morgan fingerprint density at radius 1 is 1.24 bits per heavy atom. The molecule has 0 aliphatic carbocycles. The zero-order valence-corrected chi connectivity index (χ0v) is 19.1. The molecule has 6 rings (SSSR count). The van der Waals surface area contributed by atoms with Gasteiger partial charge in [-0.25, -0.2) is 13.8 Å². The molecular weight excluding hydrogens is 452 g/mol. The van der Waals surface area contributed by atoms with E-state index in [9.17, 15) is 4.39 Å². The second kappa shape index (κ2) is 8.29. The fourth-order valence-corrected chi connectivity index (χ4v) is 6.12. The summed E-state index contributed by atoms with van der Waals surface area (Å²) in [5, 5.41) is 0.424. The lowest BCUT2D eigenvalue weighted by Crippen LogP contribution is -2.43. The highest BCUT2D eigenvalue weighted by Crippen LogP contribution is 2.42. The van der Waals surface area contributed by atoms with Crippen LogP contribution < -0.4 is 9.64 Å². The number of aromatic nitrogens is 3. The SMILES string of the molecule is F/C=C1\CN2CCC[C@@]2(COc2nc3c4c(nc(Cl)c(F)c4n2)CC[C@H]2COCCCN32)C1. The minimum absolute atomic E-state index is 0.116. The van der Waals surface area contributed by atoms with Gasteiger partial charge in [0.2, 0.25) is 0 Å². The van der Waals surface area contributed by atoms with Gasteiger partial charge in [0, 0.05) is 19.7 Å². The number of nitrogens with zero attached hydrogens (tertiary/aromatic N) is 5. The number of halogens is 3. The van der Waals surface area contributed by atoms with Gasteiger partial charge in [0.05, 0.1) is 35.6 Å². The van der Waals surface area contributed by atoms with Crippen molar-refractivity contribution >= 4 is 28.3 Å². The zero-order chi connectivity index (χ0) is 22.6. The summed E-state index contributed by atoms with van der Waals surface area (Å²) in [6.07, 6.45) is 5.62. The molecule has 0 unspecified atom stereocenters. The third kappa shape index (κ3) is 3.56. The Kier molecular flexibility index (Phi) is 5.38. The van der Waals surface area contributed by atoms with E-state index in [1.165, 1.54) is 0 Å². The van der Waals surface area contributed by atoms with Crippen LogP contribution in [0.15, 0.2) is 11.9 Å².